The Labute approximate surface area is 270 Å². The topological polar surface area (TPSA) is 83.5 Å². The van der Waals surface area contributed by atoms with Gasteiger partial charge in [-0.05, 0) is 71.4 Å². The van der Waals surface area contributed by atoms with Crippen molar-refractivity contribution in [3.63, 3.8) is 0 Å². The summed E-state index contributed by atoms with van der Waals surface area (Å²) in [6, 6.07) is 30.4. The van der Waals surface area contributed by atoms with Crippen molar-refractivity contribution in [1.82, 2.24) is 4.90 Å². The molecule has 2 unspecified atom stereocenters. The monoisotopic (exact) mass is 621 g/mol. The number of hydrogen-bond donors (Lipinski definition) is 0. The van der Waals surface area contributed by atoms with Gasteiger partial charge in [-0.25, -0.2) is 9.69 Å². The van der Waals surface area contributed by atoms with Crippen LogP contribution in [-0.2, 0) is 29.0 Å². The number of hydrogen-bond acceptors (Lipinski definition) is 7. The van der Waals surface area contributed by atoms with Crippen molar-refractivity contribution in [2.75, 3.05) is 27.9 Å². The highest BCUT2D eigenvalue weighted by atomic mass is 16.6. The molecule has 8 nitrogen and oxygen atoms in total. The Morgan fingerprint density at radius 2 is 1.43 bits per heavy atom. The van der Waals surface area contributed by atoms with Crippen LogP contribution in [0, 0.1) is 5.92 Å². The molecule has 0 bridgehead atoms. The Kier molecular flexibility index (Phi) is 10.6. The highest BCUT2D eigenvalue weighted by molar-refractivity contribution is 5.95. The number of carbonyl (C=O) groups excluding carboxylic acids is 2. The van der Waals surface area contributed by atoms with Crippen molar-refractivity contribution < 1.29 is 33.3 Å². The summed E-state index contributed by atoms with van der Waals surface area (Å²) in [5, 5.41) is 0. The van der Waals surface area contributed by atoms with E-state index in [0.29, 0.717) is 48.9 Å². The normalized spacial score (nSPS) is 14.7. The lowest BCUT2D eigenvalue weighted by molar-refractivity contribution is -0.133. The number of ether oxygens (including phenoxy) is 5. The minimum absolute atomic E-state index is 0.143. The zero-order valence-electron chi connectivity index (χ0n) is 26.4. The lowest BCUT2D eigenvalue weighted by Crippen LogP contribution is -2.44. The molecule has 2 atom stereocenters. The number of allylic oxidation sites excluding steroid dienone is 1. The van der Waals surface area contributed by atoms with Crippen LogP contribution < -0.4 is 18.9 Å². The average molecular weight is 622 g/mol. The first-order valence-electron chi connectivity index (χ1n) is 15.2. The maximum Gasteiger partial charge on any atom is 0.416 e. The van der Waals surface area contributed by atoms with E-state index in [0.717, 1.165) is 27.8 Å². The molecule has 0 N–H and O–H groups in total. The number of methoxy groups -OCH3 is 3. The molecule has 4 aromatic rings. The highest BCUT2D eigenvalue weighted by Crippen LogP contribution is 2.35. The molecule has 1 aliphatic heterocycles. The molecule has 1 heterocycles. The number of amides is 2. The lowest BCUT2D eigenvalue weighted by atomic mass is 9.88. The third-order valence-electron chi connectivity index (χ3n) is 8.09. The van der Waals surface area contributed by atoms with Crippen LogP contribution in [0.2, 0.25) is 0 Å². The minimum Gasteiger partial charge on any atom is -0.493 e. The summed E-state index contributed by atoms with van der Waals surface area (Å²) in [7, 11) is 4.74. The van der Waals surface area contributed by atoms with Gasteiger partial charge in [-0.15, -0.1) is 0 Å². The Bertz CT molecular complexity index is 1650. The Morgan fingerprint density at radius 1 is 0.804 bits per heavy atom. The van der Waals surface area contributed by atoms with Crippen molar-refractivity contribution in [3.05, 3.63) is 126 Å². The molecule has 0 saturated carbocycles. The summed E-state index contributed by atoms with van der Waals surface area (Å²) in [4.78, 5) is 28.6. The second-order valence-electron chi connectivity index (χ2n) is 11.2. The quantitative estimate of drug-likeness (QED) is 0.148. The third-order valence-corrected chi connectivity index (χ3v) is 8.09. The number of cyclic esters (lactones) is 1. The summed E-state index contributed by atoms with van der Waals surface area (Å²) in [6.45, 7) is 4.86. The van der Waals surface area contributed by atoms with Gasteiger partial charge in [0.2, 0.25) is 5.91 Å². The molecule has 0 radical (unpaired) electrons. The molecule has 4 aromatic carbocycles. The van der Waals surface area contributed by atoms with E-state index in [1.165, 1.54) is 4.90 Å². The standard InChI is InChI=1S/C38H39NO7/c1-26(30-16-18-33(42-2)36(23-30)44-4)19-31(37(40)39-32(25-46-38(39)41)21-27-11-7-5-8-12-27)20-29-15-17-34(35(22-29)43-3)45-24-28-13-9-6-10-14-28/h5-18,22-23,31-32H,1,19-21,24-25H2,2-4H3. The number of rotatable bonds is 14. The SMILES string of the molecule is C=C(CC(Cc1ccc(OCc2ccccc2)c(OC)c1)C(=O)N1C(=O)OCC1Cc1ccccc1)c1ccc(OC)c(OC)c1. The summed E-state index contributed by atoms with van der Waals surface area (Å²) in [5.41, 5.74) is 4.44. The fraction of sp³-hybridized carbons (Fsp3) is 0.263. The summed E-state index contributed by atoms with van der Waals surface area (Å²) in [6.07, 6.45) is 0.505. The molecule has 46 heavy (non-hydrogen) atoms. The first kappa shape index (κ1) is 32.2. The maximum absolute atomic E-state index is 14.3. The summed E-state index contributed by atoms with van der Waals surface area (Å²) < 4.78 is 28.0. The van der Waals surface area contributed by atoms with E-state index < -0.39 is 18.1 Å². The van der Waals surface area contributed by atoms with Gasteiger partial charge in [-0.2, -0.15) is 0 Å². The third kappa shape index (κ3) is 7.69. The predicted molar refractivity (Wildman–Crippen MR) is 176 cm³/mol. The smallest absolute Gasteiger partial charge is 0.416 e. The van der Waals surface area contributed by atoms with Crippen molar-refractivity contribution in [1.29, 1.82) is 0 Å². The number of imide groups is 1. The highest BCUT2D eigenvalue weighted by Gasteiger charge is 2.41. The van der Waals surface area contributed by atoms with Gasteiger partial charge in [-0.3, -0.25) is 4.79 Å². The van der Waals surface area contributed by atoms with Crippen LogP contribution in [-0.4, -0.2) is 50.9 Å². The molecule has 8 heteroatoms. The molecule has 5 rings (SSSR count). The first-order chi connectivity index (χ1) is 22.4. The second kappa shape index (κ2) is 15.2. The van der Waals surface area contributed by atoms with Gasteiger partial charge in [0.15, 0.2) is 23.0 Å². The van der Waals surface area contributed by atoms with E-state index >= 15 is 0 Å². The molecule has 0 spiro atoms. The van der Waals surface area contributed by atoms with E-state index in [9.17, 15) is 9.59 Å². The van der Waals surface area contributed by atoms with Crippen LogP contribution in [0.15, 0.2) is 104 Å². The summed E-state index contributed by atoms with van der Waals surface area (Å²) >= 11 is 0. The summed E-state index contributed by atoms with van der Waals surface area (Å²) in [5.74, 6) is 1.38. The number of carbonyl (C=O) groups is 2. The van der Waals surface area contributed by atoms with Gasteiger partial charge in [0.1, 0.15) is 13.2 Å². The molecule has 1 aliphatic rings. The minimum atomic E-state index is -0.630. The predicted octanol–water partition coefficient (Wildman–Crippen LogP) is 7.14. The van der Waals surface area contributed by atoms with Gasteiger partial charge in [0.25, 0.3) is 0 Å². The van der Waals surface area contributed by atoms with Crippen LogP contribution in [0.25, 0.3) is 5.57 Å². The van der Waals surface area contributed by atoms with E-state index in [1.807, 2.05) is 97.1 Å². The van der Waals surface area contributed by atoms with Gasteiger partial charge < -0.3 is 23.7 Å². The van der Waals surface area contributed by atoms with Crippen molar-refractivity contribution >= 4 is 17.6 Å². The second-order valence-corrected chi connectivity index (χ2v) is 11.2. The fourth-order valence-corrected chi connectivity index (χ4v) is 5.66. The van der Waals surface area contributed by atoms with Crippen LogP contribution in [0.4, 0.5) is 4.79 Å². The molecule has 1 saturated heterocycles. The first-order valence-corrected chi connectivity index (χ1v) is 15.2. The molecular formula is C38H39NO7. The number of benzene rings is 4. The van der Waals surface area contributed by atoms with Crippen LogP contribution >= 0.6 is 0 Å². The van der Waals surface area contributed by atoms with Gasteiger partial charge in [0, 0.05) is 5.92 Å². The molecule has 1 fully saturated rings. The molecule has 0 aromatic heterocycles. The van der Waals surface area contributed by atoms with E-state index in [4.69, 9.17) is 23.7 Å². The van der Waals surface area contributed by atoms with Crippen molar-refractivity contribution in [2.24, 2.45) is 5.92 Å². The largest absolute Gasteiger partial charge is 0.493 e. The van der Waals surface area contributed by atoms with Gasteiger partial charge in [-0.1, -0.05) is 79.4 Å². The molecule has 0 aliphatic carbocycles. The van der Waals surface area contributed by atoms with Crippen molar-refractivity contribution in [2.45, 2.75) is 31.9 Å². The lowest BCUT2D eigenvalue weighted by Gasteiger charge is -2.26. The van der Waals surface area contributed by atoms with Crippen molar-refractivity contribution in [3.8, 4) is 23.0 Å². The maximum atomic E-state index is 14.3. The molecule has 2 amide bonds. The zero-order valence-corrected chi connectivity index (χ0v) is 26.4. The Balaban J connectivity index is 1.41. The van der Waals surface area contributed by atoms with Gasteiger partial charge in [0.05, 0.1) is 27.4 Å². The Morgan fingerprint density at radius 3 is 2.11 bits per heavy atom. The van der Waals surface area contributed by atoms with Crippen LogP contribution in [0.1, 0.15) is 28.7 Å². The molecular weight excluding hydrogens is 582 g/mol. The Hall–Kier alpha value is -5.24. The average Bonchev–Trinajstić information content (AvgIpc) is 3.46. The fourth-order valence-electron chi connectivity index (χ4n) is 5.66. The van der Waals surface area contributed by atoms with E-state index in [2.05, 4.69) is 6.58 Å². The zero-order chi connectivity index (χ0) is 32.5. The van der Waals surface area contributed by atoms with Crippen LogP contribution in [0.3, 0.4) is 0 Å². The van der Waals surface area contributed by atoms with Crippen LogP contribution in [0.5, 0.6) is 23.0 Å². The van der Waals surface area contributed by atoms with Gasteiger partial charge >= 0.3 is 6.09 Å². The number of nitrogens with zero attached hydrogens (tertiary/aromatic N) is 1. The van der Waals surface area contributed by atoms with E-state index in [1.54, 1.807) is 21.3 Å². The van der Waals surface area contributed by atoms with E-state index in [-0.39, 0.29) is 12.5 Å². The molecule has 238 valence electrons.